The lowest BCUT2D eigenvalue weighted by Crippen LogP contribution is -2.39. The van der Waals surface area contributed by atoms with Crippen molar-refractivity contribution in [2.45, 2.75) is 20.3 Å². The number of nitrogens with zero attached hydrogens (tertiary/aromatic N) is 4. The summed E-state index contributed by atoms with van der Waals surface area (Å²) in [7, 11) is 0. The van der Waals surface area contributed by atoms with Gasteiger partial charge in [-0.25, -0.2) is 9.97 Å². The van der Waals surface area contributed by atoms with E-state index in [0.29, 0.717) is 17.7 Å². The number of imidazole rings is 1. The summed E-state index contributed by atoms with van der Waals surface area (Å²) in [6.45, 7) is 6.64. The van der Waals surface area contributed by atoms with Crippen LogP contribution in [0.5, 0.6) is 0 Å². The fourth-order valence-corrected chi connectivity index (χ4v) is 2.98. The van der Waals surface area contributed by atoms with Gasteiger partial charge in [-0.2, -0.15) is 0 Å². The molecule has 0 bridgehead atoms. The van der Waals surface area contributed by atoms with Crippen molar-refractivity contribution in [3.63, 3.8) is 0 Å². The van der Waals surface area contributed by atoms with Crippen LogP contribution in [0.25, 0.3) is 5.65 Å². The van der Waals surface area contributed by atoms with Gasteiger partial charge in [0, 0.05) is 25.5 Å². The lowest BCUT2D eigenvalue weighted by Gasteiger charge is -2.35. The SMILES string of the molecule is CC1CC(C)CN(c2nc(N)cn3ccnc23)C1. The number of nitrogens with two attached hydrogens (primary N) is 1. The molecule has 0 amide bonds. The van der Waals surface area contributed by atoms with Crippen LogP contribution in [0.15, 0.2) is 18.6 Å². The van der Waals surface area contributed by atoms with Gasteiger partial charge in [0.1, 0.15) is 5.82 Å². The van der Waals surface area contributed by atoms with Crippen LogP contribution in [0.1, 0.15) is 20.3 Å². The van der Waals surface area contributed by atoms with Crippen LogP contribution < -0.4 is 10.6 Å². The van der Waals surface area contributed by atoms with Crippen LogP contribution in [0.3, 0.4) is 0 Å². The summed E-state index contributed by atoms with van der Waals surface area (Å²) >= 11 is 0. The minimum atomic E-state index is 0.543. The first kappa shape index (κ1) is 11.3. The van der Waals surface area contributed by atoms with Gasteiger partial charge in [-0.3, -0.25) is 0 Å². The molecule has 1 saturated heterocycles. The molecule has 2 aromatic rings. The average molecular weight is 245 g/mol. The maximum absolute atomic E-state index is 5.87. The molecule has 2 N–H and O–H groups in total. The van der Waals surface area contributed by atoms with Gasteiger partial charge < -0.3 is 15.0 Å². The van der Waals surface area contributed by atoms with E-state index in [-0.39, 0.29) is 0 Å². The molecule has 0 aromatic carbocycles. The fourth-order valence-electron chi connectivity index (χ4n) is 2.98. The van der Waals surface area contributed by atoms with E-state index in [1.54, 1.807) is 6.20 Å². The van der Waals surface area contributed by atoms with Crippen LogP contribution in [-0.2, 0) is 0 Å². The van der Waals surface area contributed by atoms with Gasteiger partial charge in [0.05, 0.1) is 6.20 Å². The molecular weight excluding hydrogens is 226 g/mol. The van der Waals surface area contributed by atoms with Crippen LogP contribution in [0.4, 0.5) is 11.6 Å². The molecule has 0 saturated carbocycles. The Hall–Kier alpha value is -1.78. The molecule has 96 valence electrons. The largest absolute Gasteiger partial charge is 0.382 e. The van der Waals surface area contributed by atoms with Crippen molar-refractivity contribution < 1.29 is 0 Å². The average Bonchev–Trinajstić information content (AvgIpc) is 2.74. The fraction of sp³-hybridized carbons (Fsp3) is 0.538. The van der Waals surface area contributed by atoms with E-state index in [2.05, 4.69) is 28.7 Å². The van der Waals surface area contributed by atoms with Gasteiger partial charge in [0.2, 0.25) is 0 Å². The number of fused-ring (bicyclic) bond motifs is 1. The zero-order chi connectivity index (χ0) is 12.7. The smallest absolute Gasteiger partial charge is 0.180 e. The number of nitrogen functional groups attached to an aromatic ring is 1. The second kappa shape index (κ2) is 4.15. The molecule has 0 aliphatic carbocycles. The van der Waals surface area contributed by atoms with E-state index in [0.717, 1.165) is 24.6 Å². The van der Waals surface area contributed by atoms with E-state index >= 15 is 0 Å². The highest BCUT2D eigenvalue weighted by molar-refractivity contribution is 5.66. The Labute approximate surface area is 107 Å². The topological polar surface area (TPSA) is 59.5 Å². The number of rotatable bonds is 1. The highest BCUT2D eigenvalue weighted by Gasteiger charge is 2.24. The second-order valence-corrected chi connectivity index (χ2v) is 5.50. The summed E-state index contributed by atoms with van der Waals surface area (Å²) in [5.74, 6) is 2.83. The standard InChI is InChI=1S/C13H19N5/c1-9-5-10(2)7-18(6-9)13-12-15-3-4-17(12)8-11(14)16-13/h3-4,8-10H,5-7,14H2,1-2H3. The molecule has 18 heavy (non-hydrogen) atoms. The Morgan fingerprint density at radius 2 is 2.00 bits per heavy atom. The molecule has 1 aliphatic heterocycles. The summed E-state index contributed by atoms with van der Waals surface area (Å²) in [4.78, 5) is 11.2. The Morgan fingerprint density at radius 3 is 2.72 bits per heavy atom. The predicted molar refractivity (Wildman–Crippen MR) is 72.6 cm³/mol. The maximum atomic E-state index is 5.87. The minimum absolute atomic E-state index is 0.543. The van der Waals surface area contributed by atoms with Crippen molar-refractivity contribution in [2.24, 2.45) is 11.8 Å². The highest BCUT2D eigenvalue weighted by atomic mass is 15.2. The zero-order valence-electron chi connectivity index (χ0n) is 10.9. The third-order valence-electron chi connectivity index (χ3n) is 3.54. The van der Waals surface area contributed by atoms with Gasteiger partial charge in [-0.15, -0.1) is 0 Å². The number of piperidine rings is 1. The molecule has 1 aliphatic rings. The van der Waals surface area contributed by atoms with Gasteiger partial charge >= 0.3 is 0 Å². The van der Waals surface area contributed by atoms with Crippen molar-refractivity contribution in [2.75, 3.05) is 23.7 Å². The molecule has 3 heterocycles. The number of hydrogen-bond donors (Lipinski definition) is 1. The zero-order valence-corrected chi connectivity index (χ0v) is 10.9. The quantitative estimate of drug-likeness (QED) is 0.832. The lowest BCUT2D eigenvalue weighted by molar-refractivity contribution is 0.355. The van der Waals surface area contributed by atoms with Gasteiger partial charge in [-0.05, 0) is 18.3 Å². The third kappa shape index (κ3) is 1.89. The maximum Gasteiger partial charge on any atom is 0.180 e. The Balaban J connectivity index is 2.05. The summed E-state index contributed by atoms with van der Waals surface area (Å²) in [5.41, 5.74) is 6.77. The summed E-state index contributed by atoms with van der Waals surface area (Å²) in [6, 6.07) is 0. The van der Waals surface area contributed by atoms with E-state index in [1.807, 2.05) is 16.8 Å². The summed E-state index contributed by atoms with van der Waals surface area (Å²) in [6.07, 6.45) is 6.79. The summed E-state index contributed by atoms with van der Waals surface area (Å²) in [5, 5.41) is 0. The van der Waals surface area contributed by atoms with Crippen molar-refractivity contribution >= 4 is 17.3 Å². The molecule has 0 radical (unpaired) electrons. The molecule has 3 rings (SSSR count). The van der Waals surface area contributed by atoms with Crippen molar-refractivity contribution in [1.29, 1.82) is 0 Å². The first-order valence-electron chi connectivity index (χ1n) is 6.47. The van der Waals surface area contributed by atoms with Crippen molar-refractivity contribution in [3.05, 3.63) is 18.6 Å². The molecular formula is C13H19N5. The molecule has 2 unspecified atom stereocenters. The molecule has 5 nitrogen and oxygen atoms in total. The summed E-state index contributed by atoms with van der Waals surface area (Å²) < 4.78 is 1.95. The van der Waals surface area contributed by atoms with Crippen molar-refractivity contribution in [3.8, 4) is 0 Å². The van der Waals surface area contributed by atoms with Gasteiger partial charge in [0.15, 0.2) is 11.5 Å². The second-order valence-electron chi connectivity index (χ2n) is 5.50. The predicted octanol–water partition coefficient (Wildman–Crippen LogP) is 1.79. The van der Waals surface area contributed by atoms with Crippen LogP contribution in [0, 0.1) is 11.8 Å². The van der Waals surface area contributed by atoms with Crippen molar-refractivity contribution in [1.82, 2.24) is 14.4 Å². The molecule has 2 atom stereocenters. The number of hydrogen-bond acceptors (Lipinski definition) is 4. The van der Waals surface area contributed by atoms with Crippen LogP contribution in [0.2, 0.25) is 0 Å². The number of aromatic nitrogens is 3. The molecule has 5 heteroatoms. The molecule has 0 spiro atoms. The number of anilines is 2. The van der Waals surface area contributed by atoms with Crippen LogP contribution in [-0.4, -0.2) is 27.5 Å². The highest BCUT2D eigenvalue weighted by Crippen LogP contribution is 2.27. The normalized spacial score (nSPS) is 24.7. The van der Waals surface area contributed by atoms with Crippen LogP contribution >= 0.6 is 0 Å². The van der Waals surface area contributed by atoms with E-state index < -0.39 is 0 Å². The minimum Gasteiger partial charge on any atom is -0.382 e. The lowest BCUT2D eigenvalue weighted by atomic mass is 9.92. The first-order chi connectivity index (χ1) is 8.63. The Kier molecular flexibility index (Phi) is 2.61. The monoisotopic (exact) mass is 245 g/mol. The first-order valence-corrected chi connectivity index (χ1v) is 6.47. The van der Waals surface area contributed by atoms with Gasteiger partial charge in [-0.1, -0.05) is 13.8 Å². The Morgan fingerprint density at radius 1 is 1.28 bits per heavy atom. The third-order valence-corrected chi connectivity index (χ3v) is 3.54. The van der Waals surface area contributed by atoms with E-state index in [9.17, 15) is 0 Å². The molecule has 1 fully saturated rings. The Bertz CT molecular complexity index is 552. The molecule has 2 aromatic heterocycles. The van der Waals surface area contributed by atoms with Gasteiger partial charge in [0.25, 0.3) is 0 Å². The van der Waals surface area contributed by atoms with E-state index in [4.69, 9.17) is 5.73 Å². The van der Waals surface area contributed by atoms with E-state index in [1.165, 1.54) is 6.42 Å².